The quantitative estimate of drug-likeness (QED) is 0.784. The Balaban J connectivity index is 1.52. The molecule has 2 aliphatic heterocycles. The van der Waals surface area contributed by atoms with Gasteiger partial charge in [0.25, 0.3) is 0 Å². The van der Waals surface area contributed by atoms with Crippen molar-refractivity contribution in [1.29, 1.82) is 0 Å². The van der Waals surface area contributed by atoms with E-state index in [1.54, 1.807) is 17.3 Å². The summed E-state index contributed by atoms with van der Waals surface area (Å²) in [6.07, 6.45) is 7.60. The van der Waals surface area contributed by atoms with E-state index in [1.807, 2.05) is 17.0 Å². The summed E-state index contributed by atoms with van der Waals surface area (Å²) in [7, 11) is 0. The van der Waals surface area contributed by atoms with Crippen LogP contribution < -0.4 is 11.1 Å². The van der Waals surface area contributed by atoms with E-state index in [2.05, 4.69) is 10.3 Å². The van der Waals surface area contributed by atoms with Gasteiger partial charge in [-0.3, -0.25) is 14.6 Å². The predicted molar refractivity (Wildman–Crippen MR) is 99.6 cm³/mol. The maximum absolute atomic E-state index is 12.4. The molecular weight excluding hydrogens is 346 g/mol. The van der Waals surface area contributed by atoms with Crippen LogP contribution in [0.5, 0.6) is 0 Å². The lowest BCUT2D eigenvalue weighted by Gasteiger charge is -2.47. The minimum absolute atomic E-state index is 0.0567. The summed E-state index contributed by atoms with van der Waals surface area (Å²) in [5.41, 5.74) is 6.30. The van der Waals surface area contributed by atoms with Gasteiger partial charge in [-0.05, 0) is 48.8 Å². The van der Waals surface area contributed by atoms with E-state index >= 15 is 0 Å². The van der Waals surface area contributed by atoms with Crippen molar-refractivity contribution < 1.29 is 14.4 Å². The molecule has 3 heterocycles. The third-order valence-electron chi connectivity index (χ3n) is 5.76. The highest BCUT2D eigenvalue weighted by Gasteiger charge is 2.41. The smallest absolute Gasteiger partial charge is 0.312 e. The number of carbonyl (C=O) groups is 3. The van der Waals surface area contributed by atoms with Gasteiger partial charge in [-0.15, -0.1) is 0 Å². The summed E-state index contributed by atoms with van der Waals surface area (Å²) >= 11 is 0. The molecule has 2 fully saturated rings. The highest BCUT2D eigenvalue weighted by atomic mass is 16.2. The number of pyridine rings is 1. The van der Waals surface area contributed by atoms with Crippen molar-refractivity contribution in [3.63, 3.8) is 0 Å². The van der Waals surface area contributed by atoms with E-state index in [0.29, 0.717) is 19.5 Å². The first kappa shape index (κ1) is 19.1. The predicted octanol–water partition coefficient (Wildman–Crippen LogP) is 0.524. The van der Waals surface area contributed by atoms with Gasteiger partial charge in [0.1, 0.15) is 0 Å². The van der Waals surface area contributed by atoms with Gasteiger partial charge in [0.15, 0.2) is 0 Å². The van der Waals surface area contributed by atoms with Gasteiger partial charge in [-0.2, -0.15) is 0 Å². The molecule has 0 aliphatic carbocycles. The summed E-state index contributed by atoms with van der Waals surface area (Å²) in [6, 6.07) is 3.27. The molecule has 8 nitrogen and oxygen atoms in total. The first-order valence-corrected chi connectivity index (χ1v) is 9.45. The molecule has 1 aromatic rings. The average Bonchev–Trinajstić information content (AvgIpc) is 2.68. The number of urea groups is 1. The van der Waals surface area contributed by atoms with Crippen LogP contribution in [0.4, 0.5) is 4.79 Å². The van der Waals surface area contributed by atoms with Crippen molar-refractivity contribution in [2.24, 2.45) is 11.1 Å². The number of carbonyl (C=O) groups excluding carboxylic acids is 3. The first-order valence-electron chi connectivity index (χ1n) is 9.45. The van der Waals surface area contributed by atoms with E-state index in [1.165, 1.54) is 5.56 Å². The molecule has 1 spiro atoms. The van der Waals surface area contributed by atoms with Crippen LogP contribution in [0.15, 0.2) is 24.5 Å². The summed E-state index contributed by atoms with van der Waals surface area (Å²) in [6.45, 7) is 2.74. The first-order chi connectivity index (χ1) is 13.0. The molecule has 146 valence electrons. The Morgan fingerprint density at radius 2 is 1.89 bits per heavy atom. The zero-order valence-corrected chi connectivity index (χ0v) is 15.5. The van der Waals surface area contributed by atoms with Crippen LogP contribution >= 0.6 is 0 Å². The maximum Gasteiger partial charge on any atom is 0.312 e. The molecule has 2 saturated heterocycles. The lowest BCUT2D eigenvalue weighted by Crippen LogP contribution is -2.53. The van der Waals surface area contributed by atoms with E-state index in [-0.39, 0.29) is 23.8 Å². The molecule has 0 atom stereocenters. The van der Waals surface area contributed by atoms with Crippen LogP contribution in [-0.4, -0.2) is 65.4 Å². The van der Waals surface area contributed by atoms with Crippen LogP contribution in [0.1, 0.15) is 31.2 Å². The number of nitrogens with one attached hydrogen (secondary N) is 1. The SMILES string of the molecule is NC(=O)NCC(=O)N1CCC2(CCC(=O)N(CCc3ccncc3)C2)CC1. The Kier molecular flexibility index (Phi) is 5.93. The largest absolute Gasteiger partial charge is 0.352 e. The molecule has 4 amide bonds. The Bertz CT molecular complexity index is 686. The second-order valence-electron chi connectivity index (χ2n) is 7.52. The number of rotatable bonds is 5. The van der Waals surface area contributed by atoms with Crippen molar-refractivity contribution >= 4 is 17.8 Å². The number of nitrogens with two attached hydrogens (primary N) is 1. The van der Waals surface area contributed by atoms with Crippen LogP contribution in [0.25, 0.3) is 0 Å². The highest BCUT2D eigenvalue weighted by Crippen LogP contribution is 2.40. The Morgan fingerprint density at radius 3 is 2.56 bits per heavy atom. The van der Waals surface area contributed by atoms with Crippen molar-refractivity contribution in [2.75, 3.05) is 32.7 Å². The lowest BCUT2D eigenvalue weighted by atomic mass is 9.72. The van der Waals surface area contributed by atoms with Crippen LogP contribution in [0.2, 0.25) is 0 Å². The molecule has 3 N–H and O–H groups in total. The van der Waals surface area contributed by atoms with Gasteiger partial charge < -0.3 is 20.9 Å². The summed E-state index contributed by atoms with van der Waals surface area (Å²) in [5.74, 6) is 0.115. The van der Waals surface area contributed by atoms with E-state index in [9.17, 15) is 14.4 Å². The fraction of sp³-hybridized carbons (Fsp3) is 0.579. The Hall–Kier alpha value is -2.64. The summed E-state index contributed by atoms with van der Waals surface area (Å²) in [4.78, 5) is 43.0. The number of hydrogen-bond acceptors (Lipinski definition) is 4. The fourth-order valence-electron chi connectivity index (χ4n) is 4.03. The molecule has 2 aliphatic rings. The van der Waals surface area contributed by atoms with Crippen molar-refractivity contribution in [3.8, 4) is 0 Å². The molecule has 27 heavy (non-hydrogen) atoms. The van der Waals surface area contributed by atoms with E-state index < -0.39 is 6.03 Å². The van der Waals surface area contributed by atoms with Gasteiger partial charge in [0, 0.05) is 45.0 Å². The van der Waals surface area contributed by atoms with Gasteiger partial charge in [0.05, 0.1) is 6.54 Å². The highest BCUT2D eigenvalue weighted by molar-refractivity contribution is 5.83. The minimum Gasteiger partial charge on any atom is -0.352 e. The zero-order valence-electron chi connectivity index (χ0n) is 15.5. The van der Waals surface area contributed by atoms with Gasteiger partial charge in [-0.25, -0.2) is 4.79 Å². The molecule has 3 rings (SSSR count). The second-order valence-corrected chi connectivity index (χ2v) is 7.52. The average molecular weight is 373 g/mol. The molecule has 0 radical (unpaired) electrons. The maximum atomic E-state index is 12.4. The third kappa shape index (κ3) is 4.96. The van der Waals surface area contributed by atoms with Crippen molar-refractivity contribution in [2.45, 2.75) is 32.1 Å². The molecule has 0 bridgehead atoms. The number of aromatic nitrogens is 1. The molecular formula is C19H27N5O3. The van der Waals surface area contributed by atoms with Crippen LogP contribution in [0.3, 0.4) is 0 Å². The summed E-state index contributed by atoms with van der Waals surface area (Å²) < 4.78 is 0. The van der Waals surface area contributed by atoms with Gasteiger partial charge >= 0.3 is 6.03 Å². The minimum atomic E-state index is -0.688. The van der Waals surface area contributed by atoms with Gasteiger partial charge in [-0.1, -0.05) is 0 Å². The van der Waals surface area contributed by atoms with E-state index in [0.717, 1.165) is 38.8 Å². The Labute approximate surface area is 159 Å². The standard InChI is InChI=1S/C19H27N5O3/c20-18(27)22-13-17(26)23-11-6-19(7-12-23)5-1-16(25)24(14-19)10-4-15-2-8-21-9-3-15/h2-3,8-9H,1,4-7,10-14H2,(H3,20,22,27). The van der Waals surface area contributed by atoms with Crippen molar-refractivity contribution in [1.82, 2.24) is 20.1 Å². The molecule has 0 saturated carbocycles. The normalized spacial score (nSPS) is 19.2. The number of hydrogen-bond donors (Lipinski definition) is 2. The van der Waals surface area contributed by atoms with Gasteiger partial charge in [0.2, 0.25) is 11.8 Å². The fourth-order valence-corrected chi connectivity index (χ4v) is 4.03. The Morgan fingerprint density at radius 1 is 1.19 bits per heavy atom. The molecule has 8 heteroatoms. The summed E-state index contributed by atoms with van der Waals surface area (Å²) in [5, 5.41) is 2.35. The number of amides is 4. The van der Waals surface area contributed by atoms with Crippen LogP contribution in [0, 0.1) is 5.41 Å². The molecule has 0 unspecified atom stereocenters. The topological polar surface area (TPSA) is 109 Å². The molecule has 0 aromatic carbocycles. The number of likely N-dealkylation sites (tertiary alicyclic amines) is 2. The second kappa shape index (κ2) is 8.37. The van der Waals surface area contributed by atoms with E-state index in [4.69, 9.17) is 5.73 Å². The van der Waals surface area contributed by atoms with Crippen LogP contribution in [-0.2, 0) is 16.0 Å². The molecule has 1 aromatic heterocycles. The number of nitrogens with zero attached hydrogens (tertiary/aromatic N) is 3. The third-order valence-corrected chi connectivity index (χ3v) is 5.76. The lowest BCUT2D eigenvalue weighted by molar-refractivity contribution is -0.142. The monoisotopic (exact) mass is 373 g/mol. The zero-order chi connectivity index (χ0) is 19.3. The number of piperidine rings is 2. The number of primary amides is 1. The van der Waals surface area contributed by atoms with Crippen molar-refractivity contribution in [3.05, 3.63) is 30.1 Å².